The van der Waals surface area contributed by atoms with Crippen molar-refractivity contribution in [3.05, 3.63) is 28.8 Å². The Labute approximate surface area is 131 Å². The van der Waals surface area contributed by atoms with Crippen LogP contribution < -0.4 is 5.32 Å². The number of aliphatic hydroxyl groups excluding tert-OH is 1. The maximum Gasteiger partial charge on any atom is 0.101 e. The van der Waals surface area contributed by atoms with E-state index in [1.807, 2.05) is 13.0 Å². The van der Waals surface area contributed by atoms with E-state index >= 15 is 0 Å². The van der Waals surface area contributed by atoms with E-state index in [4.69, 9.17) is 21.6 Å². The van der Waals surface area contributed by atoms with Crippen LogP contribution in [0.4, 0.5) is 5.69 Å². The van der Waals surface area contributed by atoms with Crippen LogP contribution in [0, 0.1) is 17.2 Å². The van der Waals surface area contributed by atoms with E-state index in [2.05, 4.69) is 19.2 Å². The lowest BCUT2D eigenvalue weighted by atomic mass is 10.1. The third kappa shape index (κ3) is 6.81. The molecule has 0 spiro atoms. The molecule has 0 radical (unpaired) electrons. The molecule has 21 heavy (non-hydrogen) atoms. The standard InChI is InChI=1S/C16H23ClN2O2/c1-11(2)6-12(3)21-10-15(20)9-19-14-5-4-13(8-18)16(17)7-14/h4-5,7,11-12,15,19-20H,6,9-10H2,1-3H3. The molecule has 1 aromatic rings. The van der Waals surface area contributed by atoms with Gasteiger partial charge in [0.25, 0.3) is 0 Å². The molecule has 0 aliphatic heterocycles. The van der Waals surface area contributed by atoms with Gasteiger partial charge in [-0.1, -0.05) is 25.4 Å². The van der Waals surface area contributed by atoms with E-state index in [0.717, 1.165) is 12.1 Å². The maximum absolute atomic E-state index is 9.89. The highest BCUT2D eigenvalue weighted by Gasteiger charge is 2.10. The van der Waals surface area contributed by atoms with Crippen molar-refractivity contribution in [3.63, 3.8) is 0 Å². The zero-order valence-electron chi connectivity index (χ0n) is 12.8. The number of nitrogens with zero attached hydrogens (tertiary/aromatic N) is 1. The van der Waals surface area contributed by atoms with Gasteiger partial charge in [-0.3, -0.25) is 0 Å². The van der Waals surface area contributed by atoms with Gasteiger partial charge in [0.1, 0.15) is 6.07 Å². The average molecular weight is 311 g/mol. The van der Waals surface area contributed by atoms with E-state index < -0.39 is 6.10 Å². The van der Waals surface area contributed by atoms with Gasteiger partial charge in [-0.2, -0.15) is 5.26 Å². The van der Waals surface area contributed by atoms with Gasteiger partial charge < -0.3 is 15.2 Å². The summed E-state index contributed by atoms with van der Waals surface area (Å²) in [6.45, 7) is 6.97. The van der Waals surface area contributed by atoms with E-state index in [1.165, 1.54) is 0 Å². The lowest BCUT2D eigenvalue weighted by Crippen LogP contribution is -2.27. The van der Waals surface area contributed by atoms with Crippen LogP contribution in [0.3, 0.4) is 0 Å². The Kier molecular flexibility index (Phi) is 7.52. The minimum Gasteiger partial charge on any atom is -0.389 e. The molecule has 0 saturated carbocycles. The number of ether oxygens (including phenoxy) is 1. The van der Waals surface area contributed by atoms with Gasteiger partial charge in [0.2, 0.25) is 0 Å². The summed E-state index contributed by atoms with van der Waals surface area (Å²) in [5, 5.41) is 22.2. The number of hydrogen-bond donors (Lipinski definition) is 2. The molecule has 1 rings (SSSR count). The third-order valence-electron chi connectivity index (χ3n) is 3.01. The maximum atomic E-state index is 9.89. The van der Waals surface area contributed by atoms with Crippen LogP contribution >= 0.6 is 11.6 Å². The molecular weight excluding hydrogens is 288 g/mol. The Morgan fingerprint density at radius 3 is 2.67 bits per heavy atom. The Hall–Kier alpha value is -1.28. The SMILES string of the molecule is CC(C)CC(C)OCC(O)CNc1ccc(C#N)c(Cl)c1. The fraction of sp³-hybridized carbons (Fsp3) is 0.562. The van der Waals surface area contributed by atoms with Crippen molar-refractivity contribution in [1.29, 1.82) is 5.26 Å². The predicted octanol–water partition coefficient (Wildman–Crippen LogP) is 3.44. The van der Waals surface area contributed by atoms with Gasteiger partial charge in [-0.25, -0.2) is 0 Å². The third-order valence-corrected chi connectivity index (χ3v) is 3.32. The first-order chi connectivity index (χ1) is 9.92. The zero-order valence-corrected chi connectivity index (χ0v) is 13.5. The van der Waals surface area contributed by atoms with Crippen molar-refractivity contribution in [2.24, 2.45) is 5.92 Å². The van der Waals surface area contributed by atoms with Crippen molar-refractivity contribution in [1.82, 2.24) is 0 Å². The highest BCUT2D eigenvalue weighted by molar-refractivity contribution is 6.32. The first-order valence-electron chi connectivity index (χ1n) is 7.15. The Balaban J connectivity index is 2.34. The lowest BCUT2D eigenvalue weighted by molar-refractivity contribution is -0.00443. The summed E-state index contributed by atoms with van der Waals surface area (Å²) < 4.78 is 5.60. The normalized spacial score (nSPS) is 13.8. The van der Waals surface area contributed by atoms with E-state index in [-0.39, 0.29) is 6.10 Å². The van der Waals surface area contributed by atoms with Gasteiger partial charge in [0, 0.05) is 12.2 Å². The summed E-state index contributed by atoms with van der Waals surface area (Å²) in [6.07, 6.45) is 0.531. The van der Waals surface area contributed by atoms with Gasteiger partial charge in [-0.05, 0) is 37.5 Å². The summed E-state index contributed by atoms with van der Waals surface area (Å²) >= 11 is 5.95. The number of nitrogens with one attached hydrogen (secondary N) is 1. The fourth-order valence-electron chi connectivity index (χ4n) is 2.02. The zero-order chi connectivity index (χ0) is 15.8. The second-order valence-corrected chi connectivity index (χ2v) is 6.02. The fourth-order valence-corrected chi connectivity index (χ4v) is 2.24. The van der Waals surface area contributed by atoms with Crippen molar-refractivity contribution >= 4 is 17.3 Å². The molecule has 116 valence electrons. The lowest BCUT2D eigenvalue weighted by Gasteiger charge is -2.18. The van der Waals surface area contributed by atoms with Gasteiger partial charge in [0.15, 0.2) is 0 Å². The summed E-state index contributed by atoms with van der Waals surface area (Å²) in [6, 6.07) is 7.10. The Bertz CT molecular complexity index is 486. The van der Waals surface area contributed by atoms with Crippen LogP contribution in [0.25, 0.3) is 0 Å². The first-order valence-corrected chi connectivity index (χ1v) is 7.53. The molecule has 0 aliphatic rings. The summed E-state index contributed by atoms with van der Waals surface area (Å²) in [5.41, 5.74) is 1.21. The quantitative estimate of drug-likeness (QED) is 0.772. The van der Waals surface area contributed by atoms with Crippen LogP contribution in [0.1, 0.15) is 32.8 Å². The number of benzene rings is 1. The molecule has 2 N–H and O–H groups in total. The molecule has 0 aliphatic carbocycles. The van der Waals surface area contributed by atoms with Crippen molar-refractivity contribution in [3.8, 4) is 6.07 Å². The minimum absolute atomic E-state index is 0.143. The van der Waals surface area contributed by atoms with E-state index in [1.54, 1.807) is 18.2 Å². The number of aliphatic hydroxyl groups is 1. The van der Waals surface area contributed by atoms with Crippen LogP contribution in [0.5, 0.6) is 0 Å². The van der Waals surface area contributed by atoms with Crippen LogP contribution in [0.2, 0.25) is 5.02 Å². The summed E-state index contributed by atoms with van der Waals surface area (Å²) in [5.74, 6) is 0.580. The summed E-state index contributed by atoms with van der Waals surface area (Å²) in [4.78, 5) is 0. The van der Waals surface area contributed by atoms with Crippen molar-refractivity contribution < 1.29 is 9.84 Å². The molecule has 5 heteroatoms. The number of halogens is 1. The molecule has 0 fully saturated rings. The highest BCUT2D eigenvalue weighted by atomic mass is 35.5. The first kappa shape index (κ1) is 17.8. The van der Waals surface area contributed by atoms with Crippen molar-refractivity contribution in [2.45, 2.75) is 39.4 Å². The van der Waals surface area contributed by atoms with Gasteiger partial charge in [0.05, 0.1) is 29.4 Å². The number of anilines is 1. The largest absolute Gasteiger partial charge is 0.389 e. The molecule has 4 nitrogen and oxygen atoms in total. The molecule has 0 heterocycles. The summed E-state index contributed by atoms with van der Waals surface area (Å²) in [7, 11) is 0. The molecule has 1 aromatic carbocycles. The number of nitriles is 1. The molecule has 2 atom stereocenters. The van der Waals surface area contributed by atoms with Crippen LogP contribution in [-0.2, 0) is 4.74 Å². The number of rotatable bonds is 8. The molecule has 2 unspecified atom stereocenters. The monoisotopic (exact) mass is 310 g/mol. The van der Waals surface area contributed by atoms with Crippen LogP contribution in [0.15, 0.2) is 18.2 Å². The molecule has 0 aromatic heterocycles. The van der Waals surface area contributed by atoms with Gasteiger partial charge >= 0.3 is 0 Å². The second-order valence-electron chi connectivity index (χ2n) is 5.61. The highest BCUT2D eigenvalue weighted by Crippen LogP contribution is 2.20. The smallest absolute Gasteiger partial charge is 0.101 e. The van der Waals surface area contributed by atoms with Crippen molar-refractivity contribution in [2.75, 3.05) is 18.5 Å². The van der Waals surface area contributed by atoms with Crippen LogP contribution in [-0.4, -0.2) is 30.5 Å². The Morgan fingerprint density at radius 1 is 1.38 bits per heavy atom. The molecule has 0 saturated heterocycles. The average Bonchev–Trinajstić information content (AvgIpc) is 2.42. The minimum atomic E-state index is -0.589. The topological polar surface area (TPSA) is 65.3 Å². The van der Waals surface area contributed by atoms with E-state index in [9.17, 15) is 5.11 Å². The second kappa shape index (κ2) is 8.89. The van der Waals surface area contributed by atoms with Gasteiger partial charge in [-0.15, -0.1) is 0 Å². The number of hydrogen-bond acceptors (Lipinski definition) is 4. The molecule has 0 bridgehead atoms. The predicted molar refractivity (Wildman–Crippen MR) is 85.5 cm³/mol. The van der Waals surface area contributed by atoms with E-state index in [0.29, 0.717) is 29.7 Å². The molecule has 0 amide bonds. The Morgan fingerprint density at radius 2 is 2.10 bits per heavy atom. The molecular formula is C16H23ClN2O2.